The van der Waals surface area contributed by atoms with Crippen LogP contribution in [0.4, 0.5) is 0 Å². The van der Waals surface area contributed by atoms with E-state index >= 15 is 0 Å². The summed E-state index contributed by atoms with van der Waals surface area (Å²) in [7, 11) is 1.61. The van der Waals surface area contributed by atoms with Crippen LogP contribution in [0.15, 0.2) is 24.7 Å². The van der Waals surface area contributed by atoms with Crippen molar-refractivity contribution in [3.8, 4) is 17.0 Å². The van der Waals surface area contributed by atoms with E-state index in [1.165, 1.54) is 0 Å². The van der Waals surface area contributed by atoms with Crippen LogP contribution in [-0.4, -0.2) is 23.2 Å². The van der Waals surface area contributed by atoms with Crippen molar-refractivity contribution in [3.05, 3.63) is 35.2 Å². The molecule has 0 aliphatic heterocycles. The van der Waals surface area contributed by atoms with Crippen molar-refractivity contribution in [2.45, 2.75) is 13.5 Å². The van der Waals surface area contributed by atoms with Crippen LogP contribution in [0.3, 0.4) is 0 Å². The van der Waals surface area contributed by atoms with Gasteiger partial charge in [0.25, 0.3) is 0 Å². The van der Waals surface area contributed by atoms with Crippen LogP contribution in [0.1, 0.15) is 5.56 Å². The summed E-state index contributed by atoms with van der Waals surface area (Å²) in [5.74, 6) is 0.680. The van der Waals surface area contributed by atoms with Crippen molar-refractivity contribution in [1.29, 1.82) is 0 Å². The maximum Gasteiger partial charge on any atom is 0.137 e. The molecule has 0 spiro atoms. The van der Waals surface area contributed by atoms with Gasteiger partial charge >= 0.3 is 0 Å². The van der Waals surface area contributed by atoms with Crippen molar-refractivity contribution in [3.63, 3.8) is 0 Å². The molecule has 2 N–H and O–H groups in total. The average Bonchev–Trinajstić information content (AvgIpc) is 2.80. The first-order chi connectivity index (χ1) is 8.65. The molecule has 0 amide bonds. The summed E-state index contributed by atoms with van der Waals surface area (Å²) in [5, 5.41) is 0.589. The quantitative estimate of drug-likeness (QED) is 0.924. The van der Waals surface area contributed by atoms with Gasteiger partial charge in [0.1, 0.15) is 5.75 Å². The molecule has 0 saturated heterocycles. The summed E-state index contributed by atoms with van der Waals surface area (Å²) in [6.45, 7) is 3.37. The number of methoxy groups -OCH3 is 1. The molecular formula is C13H16ClN3O. The average molecular weight is 266 g/mol. The predicted octanol–water partition coefficient (Wildman–Crippen LogP) is 2.48. The minimum Gasteiger partial charge on any atom is -0.495 e. The summed E-state index contributed by atoms with van der Waals surface area (Å²) < 4.78 is 7.15. The maximum atomic E-state index is 6.14. The second kappa shape index (κ2) is 5.42. The zero-order valence-corrected chi connectivity index (χ0v) is 11.2. The number of imidazole rings is 1. The molecule has 0 unspecified atom stereocenters. The van der Waals surface area contributed by atoms with Gasteiger partial charge < -0.3 is 15.0 Å². The van der Waals surface area contributed by atoms with Crippen LogP contribution in [0.5, 0.6) is 5.75 Å². The molecule has 0 saturated carbocycles. The molecule has 1 aromatic heterocycles. The van der Waals surface area contributed by atoms with Gasteiger partial charge in [-0.05, 0) is 24.6 Å². The van der Waals surface area contributed by atoms with Crippen LogP contribution in [0.2, 0.25) is 5.02 Å². The van der Waals surface area contributed by atoms with Gasteiger partial charge in [0, 0.05) is 24.8 Å². The fourth-order valence-corrected chi connectivity index (χ4v) is 2.10. The van der Waals surface area contributed by atoms with E-state index in [4.69, 9.17) is 22.1 Å². The predicted molar refractivity (Wildman–Crippen MR) is 73.0 cm³/mol. The second-order valence-electron chi connectivity index (χ2n) is 4.09. The highest BCUT2D eigenvalue weighted by Gasteiger charge is 2.10. The topological polar surface area (TPSA) is 53.1 Å². The minimum absolute atomic E-state index is 0.589. The number of hydrogen-bond donors (Lipinski definition) is 1. The first-order valence-electron chi connectivity index (χ1n) is 5.72. The van der Waals surface area contributed by atoms with Crippen LogP contribution < -0.4 is 10.5 Å². The second-order valence-corrected chi connectivity index (χ2v) is 4.49. The lowest BCUT2D eigenvalue weighted by atomic mass is 10.1. The van der Waals surface area contributed by atoms with Gasteiger partial charge in [-0.2, -0.15) is 0 Å². The zero-order valence-electron chi connectivity index (χ0n) is 10.5. The number of aromatic nitrogens is 2. The third-order valence-corrected chi connectivity index (χ3v) is 3.09. The highest BCUT2D eigenvalue weighted by atomic mass is 35.5. The van der Waals surface area contributed by atoms with Crippen molar-refractivity contribution in [1.82, 2.24) is 9.55 Å². The van der Waals surface area contributed by atoms with Crippen LogP contribution in [0, 0.1) is 6.92 Å². The van der Waals surface area contributed by atoms with Gasteiger partial charge in [0.15, 0.2) is 0 Å². The summed E-state index contributed by atoms with van der Waals surface area (Å²) in [6, 6.07) is 3.80. The standard InChI is InChI=1S/C13H16ClN3O/c1-9-5-13(18-2)11(14)6-10(9)12-7-17(4-3-15)8-16-12/h5-8H,3-4,15H2,1-2H3. The first kappa shape index (κ1) is 12.9. The van der Waals surface area contributed by atoms with Crippen molar-refractivity contribution >= 4 is 11.6 Å². The Kier molecular flexibility index (Phi) is 3.89. The Hall–Kier alpha value is -1.52. The maximum absolute atomic E-state index is 6.14. The number of halogens is 1. The minimum atomic E-state index is 0.589. The number of aryl methyl sites for hydroxylation is 1. The summed E-state index contributed by atoms with van der Waals surface area (Å²) in [4.78, 5) is 4.37. The van der Waals surface area contributed by atoms with E-state index in [1.54, 1.807) is 13.4 Å². The Morgan fingerprint density at radius 1 is 1.44 bits per heavy atom. The summed E-state index contributed by atoms with van der Waals surface area (Å²) in [5.41, 5.74) is 8.50. The lowest BCUT2D eigenvalue weighted by molar-refractivity contribution is 0.415. The number of rotatable bonds is 4. The molecule has 1 aromatic carbocycles. The molecule has 96 valence electrons. The molecule has 5 heteroatoms. The monoisotopic (exact) mass is 265 g/mol. The molecule has 0 radical (unpaired) electrons. The van der Waals surface area contributed by atoms with Gasteiger partial charge in [-0.15, -0.1) is 0 Å². The van der Waals surface area contributed by atoms with Crippen molar-refractivity contribution < 1.29 is 4.74 Å². The highest BCUT2D eigenvalue weighted by Crippen LogP contribution is 2.32. The Bertz CT molecular complexity index is 551. The Morgan fingerprint density at radius 2 is 2.22 bits per heavy atom. The molecule has 0 atom stereocenters. The van der Waals surface area contributed by atoms with E-state index < -0.39 is 0 Å². The lowest BCUT2D eigenvalue weighted by Crippen LogP contribution is -2.07. The molecule has 0 bridgehead atoms. The van der Waals surface area contributed by atoms with E-state index in [-0.39, 0.29) is 0 Å². The zero-order chi connectivity index (χ0) is 13.1. The molecule has 0 aliphatic rings. The van der Waals surface area contributed by atoms with E-state index in [9.17, 15) is 0 Å². The van der Waals surface area contributed by atoms with Crippen LogP contribution >= 0.6 is 11.6 Å². The lowest BCUT2D eigenvalue weighted by Gasteiger charge is -2.08. The van der Waals surface area contributed by atoms with Gasteiger partial charge in [0.05, 0.1) is 24.2 Å². The number of hydrogen-bond acceptors (Lipinski definition) is 3. The fourth-order valence-electron chi connectivity index (χ4n) is 1.86. The third-order valence-electron chi connectivity index (χ3n) is 2.80. The van der Waals surface area contributed by atoms with Crippen LogP contribution in [0.25, 0.3) is 11.3 Å². The molecular weight excluding hydrogens is 250 g/mol. The van der Waals surface area contributed by atoms with Gasteiger partial charge in [-0.3, -0.25) is 0 Å². The fraction of sp³-hybridized carbons (Fsp3) is 0.308. The number of nitrogens with zero attached hydrogens (tertiary/aromatic N) is 2. The van der Waals surface area contributed by atoms with Gasteiger partial charge in [-0.1, -0.05) is 11.6 Å². The largest absolute Gasteiger partial charge is 0.495 e. The highest BCUT2D eigenvalue weighted by molar-refractivity contribution is 6.32. The van der Waals surface area contributed by atoms with E-state index in [0.29, 0.717) is 17.3 Å². The molecule has 2 rings (SSSR count). The molecule has 18 heavy (non-hydrogen) atoms. The van der Waals surface area contributed by atoms with Crippen molar-refractivity contribution in [2.75, 3.05) is 13.7 Å². The SMILES string of the molecule is COc1cc(C)c(-c2cn(CCN)cn2)cc1Cl. The van der Waals surface area contributed by atoms with Gasteiger partial charge in [-0.25, -0.2) is 4.98 Å². The van der Waals surface area contributed by atoms with Gasteiger partial charge in [0.2, 0.25) is 0 Å². The number of benzene rings is 1. The number of nitrogens with two attached hydrogens (primary N) is 1. The molecule has 2 aromatic rings. The Morgan fingerprint density at radius 3 is 2.89 bits per heavy atom. The Balaban J connectivity index is 2.40. The third kappa shape index (κ3) is 2.49. The van der Waals surface area contributed by atoms with E-state index in [0.717, 1.165) is 23.4 Å². The summed E-state index contributed by atoms with van der Waals surface area (Å²) >= 11 is 6.14. The number of ether oxygens (including phenoxy) is 1. The van der Waals surface area contributed by atoms with E-state index in [1.807, 2.05) is 29.8 Å². The van der Waals surface area contributed by atoms with Crippen molar-refractivity contribution in [2.24, 2.45) is 5.73 Å². The molecule has 1 heterocycles. The normalized spacial score (nSPS) is 10.7. The molecule has 0 aliphatic carbocycles. The van der Waals surface area contributed by atoms with Crippen LogP contribution in [-0.2, 0) is 6.54 Å². The first-order valence-corrected chi connectivity index (χ1v) is 6.10. The molecule has 0 fully saturated rings. The van der Waals surface area contributed by atoms with E-state index in [2.05, 4.69) is 4.98 Å². The summed E-state index contributed by atoms with van der Waals surface area (Å²) in [6.07, 6.45) is 3.75. The smallest absolute Gasteiger partial charge is 0.137 e. The Labute approximate surface area is 111 Å². The molecule has 4 nitrogen and oxygen atoms in total.